The molecule has 2 aromatic carbocycles. The molecule has 2 aromatic rings. The molecule has 4 rings (SSSR count). The monoisotopic (exact) mass is 456 g/mol. The van der Waals surface area contributed by atoms with E-state index in [1.165, 1.54) is 19.1 Å². The van der Waals surface area contributed by atoms with Gasteiger partial charge in [0.2, 0.25) is 0 Å². The first-order valence-electron chi connectivity index (χ1n) is 9.33. The molecule has 0 amide bonds. The van der Waals surface area contributed by atoms with E-state index in [0.717, 1.165) is 23.1 Å². The van der Waals surface area contributed by atoms with Crippen LogP contribution in [-0.4, -0.2) is 30.6 Å². The number of ketones is 2. The third-order valence-corrected chi connectivity index (χ3v) is 6.12. The van der Waals surface area contributed by atoms with Crippen molar-refractivity contribution in [3.63, 3.8) is 0 Å². The number of hydrogen-bond donors (Lipinski definition) is 1. The summed E-state index contributed by atoms with van der Waals surface area (Å²) in [6.07, 6.45) is 2.02. The smallest absolute Gasteiger partial charge is 0.508 e. The topological polar surface area (TPSA) is 97.7 Å². The highest BCUT2D eigenvalue weighted by molar-refractivity contribution is 7.88. The van der Waals surface area contributed by atoms with Crippen molar-refractivity contribution in [1.82, 2.24) is 0 Å². The number of aromatic hydroxyl groups is 1. The fourth-order valence-corrected chi connectivity index (χ4v) is 3.93. The van der Waals surface area contributed by atoms with Gasteiger partial charge in [-0.15, -0.1) is 0 Å². The zero-order chi connectivity index (χ0) is 23.1. The third-order valence-electron chi connectivity index (χ3n) is 5.15. The van der Waals surface area contributed by atoms with Crippen LogP contribution in [0.15, 0.2) is 24.3 Å². The SMILES string of the molecule is Cc1cc2c(cc1O)CCC2=O.Cc1cc2c(cc1OS(=O)(=O)C(F)(F)F)CCC2=O. The molecule has 166 valence electrons. The molecule has 0 aliphatic heterocycles. The van der Waals surface area contributed by atoms with Gasteiger partial charge >= 0.3 is 15.6 Å². The van der Waals surface area contributed by atoms with Crippen molar-refractivity contribution >= 4 is 21.7 Å². The van der Waals surface area contributed by atoms with E-state index in [4.69, 9.17) is 0 Å². The van der Waals surface area contributed by atoms with E-state index in [2.05, 4.69) is 4.18 Å². The summed E-state index contributed by atoms with van der Waals surface area (Å²) in [6, 6.07) is 6.01. The van der Waals surface area contributed by atoms with E-state index >= 15 is 0 Å². The molecule has 31 heavy (non-hydrogen) atoms. The lowest BCUT2D eigenvalue weighted by Crippen LogP contribution is -2.28. The van der Waals surface area contributed by atoms with E-state index < -0.39 is 21.4 Å². The number of halogens is 3. The summed E-state index contributed by atoms with van der Waals surface area (Å²) in [5.41, 5.74) is -1.83. The van der Waals surface area contributed by atoms with Gasteiger partial charge in [-0.05, 0) is 73.2 Å². The number of phenolic OH excluding ortho intramolecular Hbond substituents is 1. The van der Waals surface area contributed by atoms with E-state index in [1.807, 2.05) is 0 Å². The summed E-state index contributed by atoms with van der Waals surface area (Å²) in [4.78, 5) is 22.7. The van der Waals surface area contributed by atoms with Crippen LogP contribution in [0.3, 0.4) is 0 Å². The molecule has 1 N–H and O–H groups in total. The molecule has 0 radical (unpaired) electrons. The van der Waals surface area contributed by atoms with Crippen molar-refractivity contribution in [3.8, 4) is 11.5 Å². The number of hydrogen-bond acceptors (Lipinski definition) is 6. The number of benzene rings is 2. The van der Waals surface area contributed by atoms with Crippen molar-refractivity contribution in [2.45, 2.75) is 45.0 Å². The Morgan fingerprint density at radius 1 is 0.839 bits per heavy atom. The predicted octanol–water partition coefficient (Wildman–Crippen LogP) is 4.18. The predicted molar refractivity (Wildman–Crippen MR) is 105 cm³/mol. The Labute approximate surface area is 176 Å². The summed E-state index contributed by atoms with van der Waals surface area (Å²) in [7, 11) is -5.69. The Hall–Kier alpha value is -2.88. The average Bonchev–Trinajstić information content (AvgIpc) is 3.19. The number of phenols is 1. The second-order valence-corrected chi connectivity index (χ2v) is 8.94. The van der Waals surface area contributed by atoms with Crippen LogP contribution in [0.2, 0.25) is 0 Å². The first kappa shape index (κ1) is 22.8. The summed E-state index contributed by atoms with van der Waals surface area (Å²) >= 11 is 0. The average molecular weight is 456 g/mol. The van der Waals surface area contributed by atoms with Gasteiger partial charge < -0.3 is 9.29 Å². The van der Waals surface area contributed by atoms with Gasteiger partial charge in [0, 0.05) is 24.0 Å². The number of rotatable bonds is 2. The molecule has 0 atom stereocenters. The highest BCUT2D eigenvalue weighted by Gasteiger charge is 2.48. The van der Waals surface area contributed by atoms with Crippen molar-refractivity contribution in [2.75, 3.05) is 0 Å². The van der Waals surface area contributed by atoms with Crippen molar-refractivity contribution in [1.29, 1.82) is 0 Å². The fourth-order valence-electron chi connectivity index (χ4n) is 3.42. The normalized spacial score (nSPS) is 15.3. The Morgan fingerprint density at radius 2 is 1.32 bits per heavy atom. The maximum atomic E-state index is 12.2. The van der Waals surface area contributed by atoms with Crippen LogP contribution in [0, 0.1) is 13.8 Å². The van der Waals surface area contributed by atoms with Gasteiger partial charge in [0.05, 0.1) is 0 Å². The molecule has 0 unspecified atom stereocenters. The Morgan fingerprint density at radius 3 is 1.84 bits per heavy atom. The number of Topliss-reactive ketones (excluding diaryl/α,β-unsaturated/α-hetero) is 2. The zero-order valence-corrected chi connectivity index (χ0v) is 17.5. The van der Waals surface area contributed by atoms with Crippen LogP contribution in [-0.2, 0) is 23.0 Å². The number of alkyl halides is 3. The maximum absolute atomic E-state index is 12.2. The van der Waals surface area contributed by atoms with Gasteiger partial charge in [-0.1, -0.05) is 0 Å². The Kier molecular flexibility index (Phi) is 5.88. The van der Waals surface area contributed by atoms with Gasteiger partial charge in [0.25, 0.3) is 0 Å². The molecule has 0 spiro atoms. The van der Waals surface area contributed by atoms with E-state index in [9.17, 15) is 36.3 Å². The first-order valence-corrected chi connectivity index (χ1v) is 10.7. The fraction of sp³-hybridized carbons (Fsp3) is 0.333. The summed E-state index contributed by atoms with van der Waals surface area (Å²) < 4.78 is 62.6. The quantitative estimate of drug-likeness (QED) is 0.538. The highest BCUT2D eigenvalue weighted by atomic mass is 32.2. The minimum atomic E-state index is -5.69. The second-order valence-electron chi connectivity index (χ2n) is 7.40. The molecule has 2 aliphatic rings. The lowest BCUT2D eigenvalue weighted by atomic mass is 10.1. The van der Waals surface area contributed by atoms with Crippen LogP contribution in [0.1, 0.15) is 55.8 Å². The Balaban J connectivity index is 0.000000194. The molecule has 2 aliphatic carbocycles. The van der Waals surface area contributed by atoms with Gasteiger partial charge in [0.1, 0.15) is 11.5 Å². The van der Waals surface area contributed by atoms with E-state index in [-0.39, 0.29) is 23.6 Å². The number of carbonyl (C=O) groups is 2. The van der Waals surface area contributed by atoms with Crippen LogP contribution >= 0.6 is 0 Å². The lowest BCUT2D eigenvalue weighted by Gasteiger charge is -2.12. The maximum Gasteiger partial charge on any atom is 0.534 e. The molecule has 0 aromatic heterocycles. The largest absolute Gasteiger partial charge is 0.534 e. The third kappa shape index (κ3) is 4.58. The van der Waals surface area contributed by atoms with Crippen LogP contribution < -0.4 is 4.18 Å². The van der Waals surface area contributed by atoms with Crippen LogP contribution in [0.4, 0.5) is 13.2 Å². The van der Waals surface area contributed by atoms with Crippen molar-refractivity contribution < 1.29 is 40.5 Å². The summed E-state index contributed by atoms with van der Waals surface area (Å²) in [6.45, 7) is 3.19. The summed E-state index contributed by atoms with van der Waals surface area (Å²) in [5.74, 6) is -0.00865. The highest BCUT2D eigenvalue weighted by Crippen LogP contribution is 2.33. The number of aryl methyl sites for hydroxylation is 4. The van der Waals surface area contributed by atoms with Crippen LogP contribution in [0.25, 0.3) is 0 Å². The molecular formula is C21H19F3O6S. The summed E-state index contributed by atoms with van der Waals surface area (Å²) in [5, 5.41) is 9.36. The van der Waals surface area contributed by atoms with Gasteiger partial charge in [0.15, 0.2) is 11.6 Å². The molecule has 0 bridgehead atoms. The zero-order valence-electron chi connectivity index (χ0n) is 16.7. The lowest BCUT2D eigenvalue weighted by molar-refractivity contribution is -0.0500. The first-order chi connectivity index (χ1) is 14.3. The van der Waals surface area contributed by atoms with Gasteiger partial charge in [-0.3, -0.25) is 9.59 Å². The van der Waals surface area contributed by atoms with Crippen molar-refractivity contribution in [3.05, 3.63) is 57.6 Å². The number of fused-ring (bicyclic) bond motifs is 2. The molecule has 0 saturated heterocycles. The van der Waals surface area contributed by atoms with E-state index in [0.29, 0.717) is 29.7 Å². The molecule has 10 heteroatoms. The van der Waals surface area contributed by atoms with Gasteiger partial charge in [-0.25, -0.2) is 0 Å². The Bertz CT molecular complexity index is 1180. The standard InChI is InChI=1S/C11H9F3O4S.C10H10O2/c1-6-4-8-7(2-3-9(8)15)5-10(6)18-19(16,17)11(12,13)14;1-6-4-8-7(5-10(6)12)2-3-9(8)11/h4-5H,2-3H2,1H3;4-5,12H,2-3H2,1H3. The van der Waals surface area contributed by atoms with E-state index in [1.54, 1.807) is 19.1 Å². The van der Waals surface area contributed by atoms with Crippen LogP contribution in [0.5, 0.6) is 11.5 Å². The number of carbonyl (C=O) groups excluding carboxylic acids is 2. The minimum absolute atomic E-state index is 0.108. The molecule has 0 fully saturated rings. The molecule has 0 saturated carbocycles. The second kappa shape index (κ2) is 7.99. The minimum Gasteiger partial charge on any atom is -0.508 e. The van der Waals surface area contributed by atoms with Gasteiger partial charge in [-0.2, -0.15) is 21.6 Å². The molecule has 6 nitrogen and oxygen atoms in total. The molecule has 0 heterocycles. The molecular weight excluding hydrogens is 437 g/mol. The van der Waals surface area contributed by atoms with Crippen molar-refractivity contribution in [2.24, 2.45) is 0 Å².